The molecule has 0 aromatic rings. The van der Waals surface area contributed by atoms with Gasteiger partial charge in [0.1, 0.15) is 6.10 Å². The van der Waals surface area contributed by atoms with Gasteiger partial charge in [0.2, 0.25) is 0 Å². The molecular formula is C42H82O4. The molecule has 0 fully saturated rings. The van der Waals surface area contributed by atoms with Crippen LogP contribution in [0.2, 0.25) is 0 Å². The third-order valence-electron chi connectivity index (χ3n) is 9.83. The summed E-state index contributed by atoms with van der Waals surface area (Å²) in [6, 6.07) is 0. The minimum absolute atomic E-state index is 0.0342. The highest BCUT2D eigenvalue weighted by atomic mass is 16.5. The maximum absolute atomic E-state index is 12.7. The Morgan fingerprint density at radius 2 is 0.652 bits per heavy atom. The van der Waals surface area contributed by atoms with Gasteiger partial charge in [-0.25, -0.2) is 0 Å². The average Bonchev–Trinajstić information content (AvgIpc) is 3.04. The van der Waals surface area contributed by atoms with E-state index in [4.69, 9.17) is 9.84 Å². The molecule has 4 heteroatoms. The first-order valence-electron chi connectivity index (χ1n) is 21.0. The molecule has 0 rings (SSSR count). The number of hydrogen-bond acceptors (Lipinski definition) is 3. The van der Waals surface area contributed by atoms with E-state index in [1.807, 2.05) is 0 Å². The molecule has 1 N–H and O–H groups in total. The standard InChI is InChI=1S/C42H82O4/c1-3-5-7-9-11-13-14-15-16-17-18-19-20-21-27-31-35-39-42(45)46-40(36-32-28-24-12-10-8-6-4-2)37-33-29-25-22-23-26-30-34-38-41(43)44/h40H,3-39H2,1-2H3,(H,43,44). The number of carboxylic acids is 1. The Hall–Kier alpha value is -1.06. The van der Waals surface area contributed by atoms with Crippen LogP contribution in [-0.4, -0.2) is 23.1 Å². The molecule has 4 nitrogen and oxygen atoms in total. The Labute approximate surface area is 288 Å². The van der Waals surface area contributed by atoms with E-state index in [1.54, 1.807) is 0 Å². The van der Waals surface area contributed by atoms with Gasteiger partial charge in [0.15, 0.2) is 0 Å². The van der Waals surface area contributed by atoms with Crippen LogP contribution >= 0.6 is 0 Å². The van der Waals surface area contributed by atoms with E-state index in [0.717, 1.165) is 51.4 Å². The van der Waals surface area contributed by atoms with Crippen LogP contribution in [0.4, 0.5) is 0 Å². The second kappa shape index (κ2) is 38.4. The van der Waals surface area contributed by atoms with Gasteiger partial charge in [0.05, 0.1) is 0 Å². The van der Waals surface area contributed by atoms with Crippen LogP contribution in [0.5, 0.6) is 0 Å². The van der Waals surface area contributed by atoms with Crippen LogP contribution in [0.1, 0.15) is 251 Å². The zero-order valence-corrected chi connectivity index (χ0v) is 31.4. The van der Waals surface area contributed by atoms with Gasteiger partial charge in [-0.05, 0) is 38.5 Å². The Bertz CT molecular complexity index is 619. The molecule has 1 unspecified atom stereocenters. The molecule has 0 aromatic carbocycles. The fourth-order valence-electron chi connectivity index (χ4n) is 6.72. The molecule has 46 heavy (non-hydrogen) atoms. The molecule has 274 valence electrons. The summed E-state index contributed by atoms with van der Waals surface area (Å²) in [5.41, 5.74) is 0. The van der Waals surface area contributed by atoms with Crippen molar-refractivity contribution in [1.82, 2.24) is 0 Å². The topological polar surface area (TPSA) is 63.6 Å². The van der Waals surface area contributed by atoms with E-state index in [2.05, 4.69) is 13.8 Å². The number of rotatable bonds is 39. The third-order valence-corrected chi connectivity index (χ3v) is 9.83. The lowest BCUT2D eigenvalue weighted by atomic mass is 10.0. The first kappa shape index (κ1) is 44.9. The molecule has 0 heterocycles. The summed E-state index contributed by atoms with van der Waals surface area (Å²) in [5.74, 6) is -0.644. The molecule has 0 radical (unpaired) electrons. The van der Waals surface area contributed by atoms with Crippen molar-refractivity contribution < 1.29 is 19.4 Å². The van der Waals surface area contributed by atoms with Crippen LogP contribution in [-0.2, 0) is 14.3 Å². The summed E-state index contributed by atoms with van der Waals surface area (Å²) < 4.78 is 6.04. The maximum Gasteiger partial charge on any atom is 0.306 e. The monoisotopic (exact) mass is 651 g/mol. The number of esters is 1. The first-order chi connectivity index (χ1) is 22.6. The summed E-state index contributed by atoms with van der Waals surface area (Å²) in [7, 11) is 0. The predicted molar refractivity (Wildman–Crippen MR) is 200 cm³/mol. The van der Waals surface area contributed by atoms with Gasteiger partial charge < -0.3 is 9.84 Å². The number of unbranched alkanes of at least 4 members (excludes halogenated alkanes) is 30. The average molecular weight is 651 g/mol. The van der Waals surface area contributed by atoms with Crippen LogP contribution in [0.3, 0.4) is 0 Å². The van der Waals surface area contributed by atoms with Gasteiger partial charge in [-0.1, -0.05) is 200 Å². The van der Waals surface area contributed by atoms with Crippen molar-refractivity contribution in [3.8, 4) is 0 Å². The van der Waals surface area contributed by atoms with Crippen molar-refractivity contribution in [3.05, 3.63) is 0 Å². The van der Waals surface area contributed by atoms with Crippen molar-refractivity contribution in [3.63, 3.8) is 0 Å². The molecule has 0 spiro atoms. The van der Waals surface area contributed by atoms with Gasteiger partial charge in [-0.2, -0.15) is 0 Å². The van der Waals surface area contributed by atoms with E-state index < -0.39 is 5.97 Å². The van der Waals surface area contributed by atoms with Crippen molar-refractivity contribution in [1.29, 1.82) is 0 Å². The molecular weight excluding hydrogens is 568 g/mol. The fraction of sp³-hybridized carbons (Fsp3) is 0.952. The molecule has 1 atom stereocenters. The van der Waals surface area contributed by atoms with E-state index in [9.17, 15) is 9.59 Å². The Balaban J connectivity index is 3.92. The lowest BCUT2D eigenvalue weighted by Crippen LogP contribution is -2.18. The normalized spacial score (nSPS) is 12.0. The molecule has 0 aliphatic carbocycles. The van der Waals surface area contributed by atoms with Crippen molar-refractivity contribution in [2.45, 2.75) is 258 Å². The number of carboxylic acid groups (broad SMARTS) is 1. The SMILES string of the molecule is CCCCCCCCCCCCCCCCCCCC(=O)OC(CCCCCCCCCC)CCCCCCCCCCC(=O)O. The highest BCUT2D eigenvalue weighted by Crippen LogP contribution is 2.19. The molecule has 0 aliphatic rings. The van der Waals surface area contributed by atoms with Gasteiger partial charge >= 0.3 is 11.9 Å². The third kappa shape index (κ3) is 37.4. The van der Waals surface area contributed by atoms with Crippen LogP contribution in [0.15, 0.2) is 0 Å². The lowest BCUT2D eigenvalue weighted by Gasteiger charge is -2.18. The summed E-state index contributed by atoms with van der Waals surface area (Å²) in [4.78, 5) is 23.3. The summed E-state index contributed by atoms with van der Waals surface area (Å²) in [6.45, 7) is 4.56. The maximum atomic E-state index is 12.7. The fourth-order valence-corrected chi connectivity index (χ4v) is 6.72. The van der Waals surface area contributed by atoms with Crippen LogP contribution < -0.4 is 0 Å². The van der Waals surface area contributed by atoms with E-state index in [1.165, 1.54) is 173 Å². The molecule has 0 saturated carbocycles. The van der Waals surface area contributed by atoms with Crippen LogP contribution in [0.25, 0.3) is 0 Å². The summed E-state index contributed by atoms with van der Waals surface area (Å²) in [6.07, 6.45) is 45.6. The second-order valence-electron chi connectivity index (χ2n) is 14.5. The highest BCUT2D eigenvalue weighted by Gasteiger charge is 2.14. The van der Waals surface area contributed by atoms with Crippen molar-refractivity contribution >= 4 is 11.9 Å². The lowest BCUT2D eigenvalue weighted by molar-refractivity contribution is -0.150. The van der Waals surface area contributed by atoms with E-state index in [-0.39, 0.29) is 12.1 Å². The Morgan fingerprint density at radius 3 is 0.957 bits per heavy atom. The summed E-state index contributed by atoms with van der Waals surface area (Å²) >= 11 is 0. The van der Waals surface area contributed by atoms with Gasteiger partial charge in [-0.3, -0.25) is 9.59 Å². The minimum atomic E-state index is -0.678. The van der Waals surface area contributed by atoms with Gasteiger partial charge in [0, 0.05) is 12.8 Å². The van der Waals surface area contributed by atoms with Crippen molar-refractivity contribution in [2.75, 3.05) is 0 Å². The van der Waals surface area contributed by atoms with Gasteiger partial charge in [-0.15, -0.1) is 0 Å². The second-order valence-corrected chi connectivity index (χ2v) is 14.5. The van der Waals surface area contributed by atoms with Crippen molar-refractivity contribution in [2.24, 2.45) is 0 Å². The molecule has 0 saturated heterocycles. The molecule has 0 aromatic heterocycles. The summed E-state index contributed by atoms with van der Waals surface area (Å²) in [5, 5.41) is 8.75. The van der Waals surface area contributed by atoms with E-state index >= 15 is 0 Å². The number of carbonyl (C=O) groups is 2. The quantitative estimate of drug-likeness (QED) is 0.0531. The molecule has 0 bridgehead atoms. The zero-order chi connectivity index (χ0) is 33.6. The number of aliphatic carboxylic acids is 1. The largest absolute Gasteiger partial charge is 0.481 e. The Kier molecular flexibility index (Phi) is 37.5. The number of carbonyl (C=O) groups excluding carboxylic acids is 1. The van der Waals surface area contributed by atoms with Gasteiger partial charge in [0.25, 0.3) is 0 Å². The minimum Gasteiger partial charge on any atom is -0.481 e. The van der Waals surface area contributed by atoms with E-state index in [0.29, 0.717) is 12.8 Å². The zero-order valence-electron chi connectivity index (χ0n) is 31.4. The molecule has 0 aliphatic heterocycles. The molecule has 0 amide bonds. The smallest absolute Gasteiger partial charge is 0.306 e. The Morgan fingerprint density at radius 1 is 0.391 bits per heavy atom. The number of ether oxygens (including phenoxy) is 1. The van der Waals surface area contributed by atoms with Crippen LogP contribution in [0, 0.1) is 0 Å². The number of hydrogen-bond donors (Lipinski definition) is 1. The predicted octanol–water partition coefficient (Wildman–Crippen LogP) is 14.5. The highest BCUT2D eigenvalue weighted by molar-refractivity contribution is 5.69. The first-order valence-corrected chi connectivity index (χ1v) is 21.0.